The van der Waals surface area contributed by atoms with Crippen LogP contribution < -0.4 is 10.0 Å². The lowest BCUT2D eigenvalue weighted by Crippen LogP contribution is -2.40. The fraction of sp³-hybridized carbons (Fsp3) is 0.400. The number of hydrogen-bond acceptors (Lipinski definition) is 3. The van der Waals surface area contributed by atoms with Crippen LogP contribution in [0.5, 0.6) is 0 Å². The first-order valence-corrected chi connectivity index (χ1v) is 8.64. The van der Waals surface area contributed by atoms with Crippen LogP contribution in [0.3, 0.4) is 0 Å². The normalized spacial score (nSPS) is 15.9. The highest BCUT2D eigenvalue weighted by atomic mass is 32.2. The van der Waals surface area contributed by atoms with Crippen molar-refractivity contribution in [2.75, 3.05) is 13.1 Å². The van der Waals surface area contributed by atoms with Gasteiger partial charge in [0.25, 0.3) is 5.91 Å². The summed E-state index contributed by atoms with van der Waals surface area (Å²) < 4.78 is 52.7. The predicted molar refractivity (Wildman–Crippen MR) is 82.4 cm³/mol. The Labute approximate surface area is 133 Å². The van der Waals surface area contributed by atoms with Crippen LogP contribution in [0, 0.1) is 11.6 Å². The first-order valence-electron chi connectivity index (χ1n) is 7.15. The topological polar surface area (TPSA) is 75.3 Å². The van der Waals surface area contributed by atoms with E-state index in [9.17, 15) is 22.0 Å². The third-order valence-electron chi connectivity index (χ3n) is 3.79. The summed E-state index contributed by atoms with van der Waals surface area (Å²) >= 11 is 0. The maximum absolute atomic E-state index is 13.4. The highest BCUT2D eigenvalue weighted by molar-refractivity contribution is 7.91. The van der Waals surface area contributed by atoms with Crippen LogP contribution in [0.25, 0.3) is 0 Å². The number of carbonyl (C=O) groups excluding carboxylic acids is 1. The quantitative estimate of drug-likeness (QED) is 0.557. The molecule has 1 aliphatic rings. The highest BCUT2D eigenvalue weighted by Crippen LogP contribution is 2.46. The molecule has 126 valence electrons. The fourth-order valence-electron chi connectivity index (χ4n) is 2.30. The second kappa shape index (κ2) is 6.76. The lowest BCUT2D eigenvalue weighted by atomic mass is 10.2. The van der Waals surface area contributed by atoms with Gasteiger partial charge in [0, 0.05) is 13.1 Å². The monoisotopic (exact) mass is 344 g/mol. The SMILES string of the molecule is C=CCC1(S(=O)(=O)NCCNC(=O)c2c(F)cccc2F)CC1. The molecule has 0 saturated heterocycles. The number of allylic oxidation sites excluding steroid dienone is 1. The van der Waals surface area contributed by atoms with Crippen molar-refractivity contribution in [3.05, 3.63) is 48.1 Å². The lowest BCUT2D eigenvalue weighted by Gasteiger charge is -2.15. The van der Waals surface area contributed by atoms with Gasteiger partial charge in [-0.15, -0.1) is 6.58 Å². The van der Waals surface area contributed by atoms with Crippen molar-refractivity contribution < 1.29 is 22.0 Å². The van der Waals surface area contributed by atoms with E-state index in [1.165, 1.54) is 0 Å². The number of nitrogens with one attached hydrogen (secondary N) is 2. The molecule has 5 nitrogen and oxygen atoms in total. The Hall–Kier alpha value is -1.80. The average Bonchev–Trinajstić information content (AvgIpc) is 3.25. The Morgan fingerprint density at radius 1 is 1.26 bits per heavy atom. The Bertz CT molecular complexity index is 695. The van der Waals surface area contributed by atoms with Crippen molar-refractivity contribution in [2.45, 2.75) is 24.0 Å². The molecular weight excluding hydrogens is 326 g/mol. The van der Waals surface area contributed by atoms with Crippen LogP contribution in [0.2, 0.25) is 0 Å². The molecule has 1 aromatic rings. The van der Waals surface area contributed by atoms with E-state index in [0.29, 0.717) is 19.3 Å². The van der Waals surface area contributed by atoms with Crippen LogP contribution in [-0.4, -0.2) is 32.2 Å². The summed E-state index contributed by atoms with van der Waals surface area (Å²) in [5.41, 5.74) is -0.680. The van der Waals surface area contributed by atoms with E-state index < -0.39 is 37.9 Å². The maximum Gasteiger partial charge on any atom is 0.257 e. The molecule has 0 atom stereocenters. The molecule has 0 heterocycles. The number of sulfonamides is 1. The van der Waals surface area contributed by atoms with E-state index in [0.717, 1.165) is 18.2 Å². The third kappa shape index (κ3) is 3.76. The number of benzene rings is 1. The Morgan fingerprint density at radius 2 is 1.87 bits per heavy atom. The van der Waals surface area contributed by atoms with Crippen molar-refractivity contribution in [1.29, 1.82) is 0 Å². The van der Waals surface area contributed by atoms with Gasteiger partial charge >= 0.3 is 0 Å². The number of halogens is 2. The second-order valence-electron chi connectivity index (χ2n) is 5.43. The van der Waals surface area contributed by atoms with Crippen molar-refractivity contribution in [3.8, 4) is 0 Å². The zero-order valence-corrected chi connectivity index (χ0v) is 13.3. The molecule has 2 N–H and O–H groups in total. The van der Waals surface area contributed by atoms with Gasteiger partial charge in [-0.3, -0.25) is 4.79 Å². The summed E-state index contributed by atoms with van der Waals surface area (Å²) in [6.07, 6.45) is 3.08. The van der Waals surface area contributed by atoms with E-state index in [1.54, 1.807) is 6.08 Å². The molecule has 0 aliphatic heterocycles. The molecule has 8 heteroatoms. The number of rotatable bonds is 8. The van der Waals surface area contributed by atoms with E-state index in [-0.39, 0.29) is 13.1 Å². The van der Waals surface area contributed by atoms with Crippen molar-refractivity contribution in [1.82, 2.24) is 10.0 Å². The van der Waals surface area contributed by atoms with Gasteiger partial charge in [-0.2, -0.15) is 0 Å². The molecular formula is C15H18F2N2O3S. The number of carbonyl (C=O) groups is 1. The van der Waals surface area contributed by atoms with Gasteiger partial charge in [0.15, 0.2) is 0 Å². The van der Waals surface area contributed by atoms with Gasteiger partial charge in [-0.05, 0) is 31.4 Å². The predicted octanol–water partition coefficient (Wildman–Crippen LogP) is 1.72. The molecule has 1 amide bonds. The molecule has 1 fully saturated rings. The molecule has 2 rings (SSSR count). The second-order valence-corrected chi connectivity index (χ2v) is 7.59. The zero-order chi connectivity index (χ0) is 17.1. The van der Waals surface area contributed by atoms with Gasteiger partial charge in [-0.25, -0.2) is 21.9 Å². The Morgan fingerprint density at radius 3 is 2.39 bits per heavy atom. The number of hydrogen-bond donors (Lipinski definition) is 2. The minimum atomic E-state index is -3.51. The molecule has 1 aromatic carbocycles. The summed E-state index contributed by atoms with van der Waals surface area (Å²) in [4.78, 5) is 11.7. The van der Waals surface area contributed by atoms with Gasteiger partial charge in [0.2, 0.25) is 10.0 Å². The lowest BCUT2D eigenvalue weighted by molar-refractivity contribution is 0.0946. The molecule has 0 aromatic heterocycles. The molecule has 0 bridgehead atoms. The first kappa shape index (κ1) is 17.6. The maximum atomic E-state index is 13.4. The minimum absolute atomic E-state index is 0.0525. The zero-order valence-electron chi connectivity index (χ0n) is 12.4. The van der Waals surface area contributed by atoms with Crippen molar-refractivity contribution in [3.63, 3.8) is 0 Å². The molecule has 0 unspecified atom stereocenters. The van der Waals surface area contributed by atoms with Crippen LogP contribution in [0.4, 0.5) is 8.78 Å². The average molecular weight is 344 g/mol. The summed E-state index contributed by atoms with van der Waals surface area (Å²) in [7, 11) is -3.51. The highest BCUT2D eigenvalue weighted by Gasteiger charge is 2.53. The van der Waals surface area contributed by atoms with Gasteiger partial charge in [-0.1, -0.05) is 12.1 Å². The Kier molecular flexibility index (Phi) is 5.16. The molecule has 1 saturated carbocycles. The summed E-state index contributed by atoms with van der Waals surface area (Å²) in [6.45, 7) is 3.42. The smallest absolute Gasteiger partial charge is 0.257 e. The first-order chi connectivity index (χ1) is 10.8. The summed E-state index contributed by atoms with van der Waals surface area (Å²) in [6, 6.07) is 3.12. The molecule has 1 aliphatic carbocycles. The Balaban J connectivity index is 1.86. The van der Waals surface area contributed by atoms with Gasteiger partial charge < -0.3 is 5.32 Å². The van der Waals surface area contributed by atoms with E-state index in [1.807, 2.05) is 0 Å². The molecule has 0 radical (unpaired) electrons. The van der Waals surface area contributed by atoms with Crippen molar-refractivity contribution in [2.24, 2.45) is 0 Å². The van der Waals surface area contributed by atoms with Crippen LogP contribution in [-0.2, 0) is 10.0 Å². The van der Waals surface area contributed by atoms with E-state index >= 15 is 0 Å². The van der Waals surface area contributed by atoms with Crippen LogP contribution in [0.1, 0.15) is 29.6 Å². The van der Waals surface area contributed by atoms with Gasteiger partial charge in [0.1, 0.15) is 17.2 Å². The van der Waals surface area contributed by atoms with Crippen molar-refractivity contribution >= 4 is 15.9 Å². The third-order valence-corrected chi connectivity index (χ3v) is 6.09. The molecule has 23 heavy (non-hydrogen) atoms. The van der Waals surface area contributed by atoms with E-state index in [2.05, 4.69) is 16.6 Å². The van der Waals surface area contributed by atoms with E-state index in [4.69, 9.17) is 0 Å². The van der Waals surface area contributed by atoms with Crippen LogP contribution >= 0.6 is 0 Å². The summed E-state index contributed by atoms with van der Waals surface area (Å²) in [5.74, 6) is -2.86. The molecule has 0 spiro atoms. The largest absolute Gasteiger partial charge is 0.351 e. The van der Waals surface area contributed by atoms with Gasteiger partial charge in [0.05, 0.1) is 4.75 Å². The minimum Gasteiger partial charge on any atom is -0.351 e. The van der Waals surface area contributed by atoms with Crippen LogP contribution in [0.15, 0.2) is 30.9 Å². The number of amides is 1. The standard InChI is InChI=1S/C15H18F2N2O3S/c1-2-6-15(7-8-15)23(21,22)19-10-9-18-14(20)13-11(16)4-3-5-12(13)17/h2-5,19H,1,6-10H2,(H,18,20). The fourth-order valence-corrected chi connectivity index (χ4v) is 3.96. The summed E-state index contributed by atoms with van der Waals surface area (Å²) in [5, 5.41) is 2.29.